The quantitative estimate of drug-likeness (QED) is 0.179. The smallest absolute Gasteiger partial charge is 0.271 e. The minimum Gasteiger partial charge on any atom is -0.496 e. The molecule has 7 nitrogen and oxygen atoms in total. The SMILES string of the molecule is COc1ccc(/C=c2/sc3n(c2=O)C(c2ccccc2)C(C(=O)Nc2ccccc2C)=C(C)N=3)cc1COc1c(Cl)cc(Cl)cc1Cl. The highest BCUT2D eigenvalue weighted by atomic mass is 35.5. The van der Waals surface area contributed by atoms with Crippen molar-refractivity contribution in [3.05, 3.63) is 153 Å². The van der Waals surface area contributed by atoms with Gasteiger partial charge >= 0.3 is 0 Å². The summed E-state index contributed by atoms with van der Waals surface area (Å²) in [6, 6.07) is 25.0. The Morgan fingerprint density at radius 2 is 1.68 bits per heavy atom. The predicted octanol–water partition coefficient (Wildman–Crippen LogP) is 7.73. The number of benzene rings is 4. The fraction of sp³-hybridized carbons (Fsp3) is 0.139. The second-order valence-corrected chi connectivity index (χ2v) is 13.1. The van der Waals surface area contributed by atoms with Gasteiger partial charge in [-0.2, -0.15) is 0 Å². The zero-order valence-corrected chi connectivity index (χ0v) is 28.6. The van der Waals surface area contributed by atoms with Gasteiger partial charge in [-0.3, -0.25) is 14.2 Å². The molecule has 0 fully saturated rings. The summed E-state index contributed by atoms with van der Waals surface area (Å²) in [7, 11) is 1.57. The number of ether oxygens (including phenoxy) is 2. The second kappa shape index (κ2) is 13.8. The third kappa shape index (κ3) is 6.73. The number of aromatic nitrogens is 1. The van der Waals surface area contributed by atoms with Crippen molar-refractivity contribution >= 4 is 63.8 Å². The fourth-order valence-corrected chi connectivity index (χ4v) is 7.41. The van der Waals surface area contributed by atoms with Gasteiger partial charge < -0.3 is 14.8 Å². The molecule has 47 heavy (non-hydrogen) atoms. The number of para-hydroxylation sites is 1. The lowest BCUT2D eigenvalue weighted by Crippen LogP contribution is -2.40. The summed E-state index contributed by atoms with van der Waals surface area (Å²) in [5, 5.41) is 4.01. The molecule has 1 aliphatic rings. The Morgan fingerprint density at radius 1 is 0.979 bits per heavy atom. The number of fused-ring (bicyclic) bond motifs is 1. The summed E-state index contributed by atoms with van der Waals surface area (Å²) in [5.41, 5.74) is 4.57. The topological polar surface area (TPSA) is 81.9 Å². The predicted molar refractivity (Wildman–Crippen MR) is 189 cm³/mol. The monoisotopic (exact) mass is 703 g/mol. The van der Waals surface area contributed by atoms with E-state index in [1.807, 2.05) is 73.7 Å². The van der Waals surface area contributed by atoms with Crippen molar-refractivity contribution in [1.29, 1.82) is 0 Å². The first-order valence-corrected chi connectivity index (χ1v) is 16.5. The van der Waals surface area contributed by atoms with E-state index in [-0.39, 0.29) is 28.1 Å². The van der Waals surface area contributed by atoms with Crippen molar-refractivity contribution in [2.45, 2.75) is 26.5 Å². The van der Waals surface area contributed by atoms with Gasteiger partial charge in [0, 0.05) is 16.3 Å². The first-order valence-electron chi connectivity index (χ1n) is 14.5. The average molecular weight is 705 g/mol. The zero-order chi connectivity index (χ0) is 33.2. The molecular weight excluding hydrogens is 677 g/mol. The van der Waals surface area contributed by atoms with Gasteiger partial charge in [0.1, 0.15) is 12.4 Å². The number of carbonyl (C=O) groups excluding carboxylic acids is 1. The van der Waals surface area contributed by atoms with E-state index in [1.54, 1.807) is 42.9 Å². The van der Waals surface area contributed by atoms with Gasteiger partial charge in [0.2, 0.25) is 0 Å². The summed E-state index contributed by atoms with van der Waals surface area (Å²) >= 11 is 19.9. The Balaban J connectivity index is 1.39. The summed E-state index contributed by atoms with van der Waals surface area (Å²) in [6.45, 7) is 3.83. The van der Waals surface area contributed by atoms with E-state index in [0.29, 0.717) is 48.4 Å². The number of anilines is 1. The van der Waals surface area contributed by atoms with Crippen molar-refractivity contribution < 1.29 is 14.3 Å². The number of halogens is 3. The number of nitrogens with one attached hydrogen (secondary N) is 1. The van der Waals surface area contributed by atoms with Crippen molar-refractivity contribution in [3.63, 3.8) is 0 Å². The molecule has 4 aromatic carbocycles. The number of nitrogens with zero attached hydrogens (tertiary/aromatic N) is 2. The number of carbonyl (C=O) groups is 1. The normalized spacial score (nSPS) is 14.4. The van der Waals surface area contributed by atoms with Gasteiger partial charge in [0.15, 0.2) is 10.6 Å². The van der Waals surface area contributed by atoms with Gasteiger partial charge in [0.05, 0.1) is 39.0 Å². The maximum absolute atomic E-state index is 14.1. The molecular formula is C36H28Cl3N3O4S. The molecule has 0 radical (unpaired) electrons. The van der Waals surface area contributed by atoms with Crippen LogP contribution in [0.5, 0.6) is 11.5 Å². The van der Waals surface area contributed by atoms with E-state index in [4.69, 9.17) is 49.3 Å². The third-order valence-electron chi connectivity index (χ3n) is 7.71. The molecule has 0 saturated heterocycles. The lowest BCUT2D eigenvalue weighted by molar-refractivity contribution is -0.113. The van der Waals surface area contributed by atoms with Crippen molar-refractivity contribution in [2.24, 2.45) is 4.99 Å². The number of hydrogen-bond donors (Lipinski definition) is 1. The van der Waals surface area contributed by atoms with Crippen molar-refractivity contribution in [1.82, 2.24) is 4.57 Å². The molecule has 1 aliphatic heterocycles. The lowest BCUT2D eigenvalue weighted by atomic mass is 9.95. The first-order chi connectivity index (χ1) is 22.6. The molecule has 1 aromatic heterocycles. The molecule has 1 amide bonds. The van der Waals surface area contributed by atoms with Crippen LogP contribution in [0.4, 0.5) is 5.69 Å². The molecule has 0 aliphatic carbocycles. The Morgan fingerprint density at radius 3 is 2.38 bits per heavy atom. The van der Waals surface area contributed by atoms with Crippen LogP contribution in [0.15, 0.2) is 106 Å². The molecule has 0 saturated carbocycles. The zero-order valence-electron chi connectivity index (χ0n) is 25.5. The number of amides is 1. The van der Waals surface area contributed by atoms with Crippen LogP contribution in [0.1, 0.15) is 35.2 Å². The Kier molecular flexibility index (Phi) is 9.57. The summed E-state index contributed by atoms with van der Waals surface area (Å²) in [5.74, 6) is 0.579. The molecule has 6 rings (SSSR count). The molecule has 238 valence electrons. The highest BCUT2D eigenvalue weighted by molar-refractivity contribution is 7.07. The van der Waals surface area contributed by atoms with E-state index >= 15 is 0 Å². The maximum atomic E-state index is 14.1. The Hall–Kier alpha value is -4.34. The molecule has 5 aromatic rings. The van der Waals surface area contributed by atoms with E-state index in [0.717, 1.165) is 16.7 Å². The van der Waals surface area contributed by atoms with Crippen LogP contribution >= 0.6 is 46.1 Å². The van der Waals surface area contributed by atoms with Gasteiger partial charge in [0.25, 0.3) is 11.5 Å². The number of hydrogen-bond acceptors (Lipinski definition) is 6. The van der Waals surface area contributed by atoms with Gasteiger partial charge in [-0.25, -0.2) is 4.99 Å². The van der Waals surface area contributed by atoms with E-state index in [9.17, 15) is 9.59 Å². The minimum absolute atomic E-state index is 0.0970. The third-order valence-corrected chi connectivity index (χ3v) is 9.47. The van der Waals surface area contributed by atoms with Crippen LogP contribution in [0, 0.1) is 6.92 Å². The van der Waals surface area contributed by atoms with E-state index in [2.05, 4.69) is 5.32 Å². The standard InChI is InChI=1S/C36H28Cl3N3O4S/c1-20-9-7-8-12-28(20)41-34(43)31-21(2)40-36-42(32(31)23-10-5-4-6-11-23)35(44)30(47-36)16-22-13-14-29(45-3)24(15-22)19-46-33-26(38)17-25(37)18-27(33)39/h4-18,32H,19H2,1-3H3,(H,41,43)/b30-16+. The number of aryl methyl sites for hydroxylation is 1. The van der Waals surface area contributed by atoms with Crippen LogP contribution in [0.2, 0.25) is 15.1 Å². The highest BCUT2D eigenvalue weighted by Gasteiger charge is 2.32. The van der Waals surface area contributed by atoms with Gasteiger partial charge in [-0.15, -0.1) is 0 Å². The molecule has 0 bridgehead atoms. The second-order valence-electron chi connectivity index (χ2n) is 10.8. The van der Waals surface area contributed by atoms with Gasteiger partial charge in [-0.1, -0.05) is 101 Å². The number of methoxy groups -OCH3 is 1. The van der Waals surface area contributed by atoms with Crippen LogP contribution < -0.4 is 29.7 Å². The molecule has 1 unspecified atom stereocenters. The largest absolute Gasteiger partial charge is 0.496 e. The number of thiazole rings is 1. The number of allylic oxidation sites excluding steroid dienone is 1. The maximum Gasteiger partial charge on any atom is 0.271 e. The molecule has 11 heteroatoms. The van der Waals surface area contributed by atoms with Crippen molar-refractivity contribution in [2.75, 3.05) is 12.4 Å². The Bertz CT molecular complexity index is 2210. The van der Waals surface area contributed by atoms with E-state index in [1.165, 1.54) is 11.3 Å². The lowest BCUT2D eigenvalue weighted by Gasteiger charge is -2.25. The summed E-state index contributed by atoms with van der Waals surface area (Å²) in [4.78, 5) is 33.3. The van der Waals surface area contributed by atoms with Crippen LogP contribution in [0.25, 0.3) is 6.08 Å². The first kappa shape index (κ1) is 32.6. The Labute approximate surface area is 290 Å². The summed E-state index contributed by atoms with van der Waals surface area (Å²) < 4.78 is 13.6. The van der Waals surface area contributed by atoms with E-state index < -0.39 is 6.04 Å². The average Bonchev–Trinajstić information content (AvgIpc) is 3.35. The molecule has 1 N–H and O–H groups in total. The fourth-order valence-electron chi connectivity index (χ4n) is 5.43. The van der Waals surface area contributed by atoms with Crippen LogP contribution in [-0.2, 0) is 11.4 Å². The van der Waals surface area contributed by atoms with Gasteiger partial charge in [-0.05, 0) is 66.9 Å². The van der Waals surface area contributed by atoms with Crippen molar-refractivity contribution in [3.8, 4) is 11.5 Å². The minimum atomic E-state index is -0.674. The summed E-state index contributed by atoms with van der Waals surface area (Å²) in [6.07, 6.45) is 1.80. The van der Waals surface area contributed by atoms with Crippen LogP contribution in [0.3, 0.4) is 0 Å². The molecule has 0 spiro atoms. The molecule has 1 atom stereocenters. The highest BCUT2D eigenvalue weighted by Crippen LogP contribution is 2.37. The van der Waals surface area contributed by atoms with Crippen LogP contribution in [-0.4, -0.2) is 17.6 Å². The number of rotatable bonds is 8. The molecule has 2 heterocycles.